The first kappa shape index (κ1) is 14.9. The van der Waals surface area contributed by atoms with Crippen molar-refractivity contribution in [2.45, 2.75) is 30.1 Å². The molecule has 0 spiro atoms. The average Bonchev–Trinajstić information content (AvgIpc) is 3.07. The zero-order valence-electron chi connectivity index (χ0n) is 10.7. The van der Waals surface area contributed by atoms with Gasteiger partial charge in [0, 0.05) is 19.8 Å². The van der Waals surface area contributed by atoms with E-state index in [0.717, 1.165) is 23.9 Å². The SMILES string of the molecule is O=S(=O)(NCCCOCC1CC1)c1cc(CO)cs1. The maximum Gasteiger partial charge on any atom is 0.250 e. The summed E-state index contributed by atoms with van der Waals surface area (Å²) in [6.45, 7) is 1.63. The molecule has 0 aromatic carbocycles. The van der Waals surface area contributed by atoms with Crippen molar-refractivity contribution in [1.29, 1.82) is 0 Å². The molecule has 0 saturated heterocycles. The predicted molar refractivity (Wildman–Crippen MR) is 73.6 cm³/mol. The first-order valence-corrected chi connectivity index (χ1v) is 8.74. The normalized spacial score (nSPS) is 15.8. The van der Waals surface area contributed by atoms with Crippen LogP contribution in [0.1, 0.15) is 24.8 Å². The van der Waals surface area contributed by atoms with E-state index in [2.05, 4.69) is 4.72 Å². The third-order valence-electron chi connectivity index (χ3n) is 2.89. The van der Waals surface area contributed by atoms with Gasteiger partial charge in [-0.25, -0.2) is 13.1 Å². The van der Waals surface area contributed by atoms with Gasteiger partial charge >= 0.3 is 0 Å². The molecule has 19 heavy (non-hydrogen) atoms. The molecule has 2 rings (SSSR count). The van der Waals surface area contributed by atoms with Crippen molar-refractivity contribution in [2.75, 3.05) is 19.8 Å². The lowest BCUT2D eigenvalue weighted by atomic mass is 10.4. The fourth-order valence-electron chi connectivity index (χ4n) is 1.56. The molecule has 5 nitrogen and oxygen atoms in total. The Balaban J connectivity index is 1.67. The summed E-state index contributed by atoms with van der Waals surface area (Å²) in [5.41, 5.74) is 0.623. The Labute approximate surface area is 117 Å². The molecular formula is C12H19NO4S2. The Morgan fingerprint density at radius 3 is 2.89 bits per heavy atom. The van der Waals surface area contributed by atoms with Crippen LogP contribution in [0.3, 0.4) is 0 Å². The van der Waals surface area contributed by atoms with Gasteiger partial charge in [-0.2, -0.15) is 0 Å². The van der Waals surface area contributed by atoms with Crippen LogP contribution in [-0.2, 0) is 21.4 Å². The largest absolute Gasteiger partial charge is 0.392 e. The van der Waals surface area contributed by atoms with E-state index < -0.39 is 10.0 Å². The highest BCUT2D eigenvalue weighted by Gasteiger charge is 2.21. The summed E-state index contributed by atoms with van der Waals surface area (Å²) in [6.07, 6.45) is 3.20. The van der Waals surface area contributed by atoms with Crippen LogP contribution in [0.4, 0.5) is 0 Å². The minimum Gasteiger partial charge on any atom is -0.392 e. The summed E-state index contributed by atoms with van der Waals surface area (Å²) in [4.78, 5) is 0. The predicted octanol–water partition coefficient (Wildman–Crippen LogP) is 1.34. The van der Waals surface area contributed by atoms with Crippen molar-refractivity contribution in [2.24, 2.45) is 5.92 Å². The zero-order chi connectivity index (χ0) is 13.7. The number of aliphatic hydroxyl groups is 1. The fourth-order valence-corrected chi connectivity index (χ4v) is 3.88. The molecule has 0 atom stereocenters. The Kier molecular flexibility index (Phi) is 5.35. The van der Waals surface area contributed by atoms with Gasteiger partial charge in [0.1, 0.15) is 4.21 Å². The molecule has 0 bridgehead atoms. The Morgan fingerprint density at radius 2 is 2.26 bits per heavy atom. The molecule has 7 heteroatoms. The summed E-state index contributed by atoms with van der Waals surface area (Å²) in [5, 5.41) is 10.6. The Hall–Kier alpha value is -0.470. The van der Waals surface area contributed by atoms with Crippen molar-refractivity contribution >= 4 is 21.4 Å². The number of sulfonamides is 1. The second-order valence-electron chi connectivity index (χ2n) is 4.70. The summed E-state index contributed by atoms with van der Waals surface area (Å²) < 4.78 is 32.0. The number of thiophene rings is 1. The van der Waals surface area contributed by atoms with Crippen molar-refractivity contribution in [3.63, 3.8) is 0 Å². The van der Waals surface area contributed by atoms with Crippen molar-refractivity contribution in [3.8, 4) is 0 Å². The molecule has 1 saturated carbocycles. The lowest BCUT2D eigenvalue weighted by Crippen LogP contribution is -2.25. The molecule has 1 aliphatic rings. The van der Waals surface area contributed by atoms with E-state index >= 15 is 0 Å². The van der Waals surface area contributed by atoms with Gasteiger partial charge in [0.05, 0.1) is 6.61 Å². The molecule has 0 aliphatic heterocycles. The summed E-state index contributed by atoms with van der Waals surface area (Å²) in [5.74, 6) is 0.736. The monoisotopic (exact) mass is 305 g/mol. The quantitative estimate of drug-likeness (QED) is 0.675. The van der Waals surface area contributed by atoms with E-state index in [4.69, 9.17) is 9.84 Å². The first-order chi connectivity index (χ1) is 9.12. The minimum atomic E-state index is -3.44. The van der Waals surface area contributed by atoms with Crippen LogP contribution in [0.15, 0.2) is 15.7 Å². The van der Waals surface area contributed by atoms with E-state index in [9.17, 15) is 8.42 Å². The van der Waals surface area contributed by atoms with Crippen LogP contribution in [0.2, 0.25) is 0 Å². The van der Waals surface area contributed by atoms with Crippen LogP contribution in [0, 0.1) is 5.92 Å². The standard InChI is InChI=1S/C12H19NO4S2/c14-7-11-6-12(18-9-11)19(15,16)13-4-1-5-17-8-10-2-3-10/h6,9-10,13-14H,1-5,7-8H2. The average molecular weight is 305 g/mol. The lowest BCUT2D eigenvalue weighted by Gasteiger charge is -2.05. The molecular weight excluding hydrogens is 286 g/mol. The van der Waals surface area contributed by atoms with Gasteiger partial charge < -0.3 is 9.84 Å². The molecule has 2 N–H and O–H groups in total. The van der Waals surface area contributed by atoms with Crippen LogP contribution in [0.25, 0.3) is 0 Å². The highest BCUT2D eigenvalue weighted by Crippen LogP contribution is 2.28. The van der Waals surface area contributed by atoms with Gasteiger partial charge in [0.2, 0.25) is 10.0 Å². The van der Waals surface area contributed by atoms with Gasteiger partial charge in [0.25, 0.3) is 0 Å². The van der Waals surface area contributed by atoms with Crippen molar-refractivity contribution < 1.29 is 18.3 Å². The van der Waals surface area contributed by atoms with Gasteiger partial charge in [-0.3, -0.25) is 0 Å². The summed E-state index contributed by atoms with van der Waals surface area (Å²) >= 11 is 1.12. The van der Waals surface area contributed by atoms with Crippen LogP contribution >= 0.6 is 11.3 Å². The first-order valence-electron chi connectivity index (χ1n) is 6.37. The van der Waals surface area contributed by atoms with E-state index in [1.54, 1.807) is 5.38 Å². The van der Waals surface area contributed by atoms with E-state index in [-0.39, 0.29) is 10.8 Å². The van der Waals surface area contributed by atoms with Gasteiger partial charge in [-0.15, -0.1) is 11.3 Å². The molecule has 1 aromatic rings. The van der Waals surface area contributed by atoms with E-state index in [1.807, 2.05) is 0 Å². The zero-order valence-corrected chi connectivity index (χ0v) is 12.3. The van der Waals surface area contributed by atoms with Crippen molar-refractivity contribution in [1.82, 2.24) is 4.72 Å². The number of ether oxygens (including phenoxy) is 1. The van der Waals surface area contributed by atoms with Gasteiger partial charge in [-0.1, -0.05) is 0 Å². The Bertz CT molecular complexity index is 494. The molecule has 0 unspecified atom stereocenters. The molecule has 0 radical (unpaired) electrons. The minimum absolute atomic E-state index is 0.138. The molecule has 1 heterocycles. The van der Waals surface area contributed by atoms with Gasteiger partial charge in [0.15, 0.2) is 0 Å². The summed E-state index contributed by atoms with van der Waals surface area (Å²) in [7, 11) is -3.44. The smallest absolute Gasteiger partial charge is 0.250 e. The second kappa shape index (κ2) is 6.81. The van der Waals surface area contributed by atoms with Crippen LogP contribution < -0.4 is 4.72 Å². The number of hydrogen-bond donors (Lipinski definition) is 2. The number of rotatable bonds is 9. The molecule has 108 valence electrons. The third kappa shape index (κ3) is 4.85. The van der Waals surface area contributed by atoms with Crippen LogP contribution in [0.5, 0.6) is 0 Å². The van der Waals surface area contributed by atoms with E-state index in [1.165, 1.54) is 18.9 Å². The lowest BCUT2D eigenvalue weighted by molar-refractivity contribution is 0.123. The highest BCUT2D eigenvalue weighted by atomic mass is 32.2. The number of hydrogen-bond acceptors (Lipinski definition) is 5. The summed E-state index contributed by atoms with van der Waals surface area (Å²) in [6, 6.07) is 1.50. The number of aliphatic hydroxyl groups excluding tert-OH is 1. The molecule has 1 aromatic heterocycles. The molecule has 0 amide bonds. The van der Waals surface area contributed by atoms with Gasteiger partial charge in [-0.05, 0) is 42.2 Å². The van der Waals surface area contributed by atoms with Crippen molar-refractivity contribution in [3.05, 3.63) is 17.0 Å². The number of nitrogens with one attached hydrogen (secondary N) is 1. The molecule has 1 aliphatic carbocycles. The maximum absolute atomic E-state index is 11.9. The van der Waals surface area contributed by atoms with E-state index in [0.29, 0.717) is 25.1 Å². The Morgan fingerprint density at radius 1 is 1.47 bits per heavy atom. The fraction of sp³-hybridized carbons (Fsp3) is 0.667. The topological polar surface area (TPSA) is 75.6 Å². The third-order valence-corrected chi connectivity index (χ3v) is 5.83. The maximum atomic E-state index is 11.9. The molecule has 1 fully saturated rings. The highest BCUT2D eigenvalue weighted by molar-refractivity contribution is 7.91. The van der Waals surface area contributed by atoms with Crippen LogP contribution in [-0.4, -0.2) is 33.3 Å². The second-order valence-corrected chi connectivity index (χ2v) is 7.61.